The molecule has 15 heavy (non-hydrogen) atoms. The van der Waals surface area contributed by atoms with Crippen molar-refractivity contribution < 1.29 is 14.3 Å². The van der Waals surface area contributed by atoms with E-state index in [0.29, 0.717) is 18.9 Å². The molecule has 0 radical (unpaired) electrons. The van der Waals surface area contributed by atoms with Gasteiger partial charge >= 0.3 is 5.97 Å². The minimum atomic E-state index is -0.478. The average molecular weight is 212 g/mol. The Morgan fingerprint density at radius 2 is 2.13 bits per heavy atom. The van der Waals surface area contributed by atoms with Crippen LogP contribution in [0.5, 0.6) is 0 Å². The van der Waals surface area contributed by atoms with Crippen molar-refractivity contribution in [3.8, 4) is 0 Å². The predicted octanol–water partition coefficient (Wildman–Crippen LogP) is 2.19. The third-order valence-corrected chi connectivity index (χ3v) is 2.88. The molecule has 0 aliphatic heterocycles. The van der Waals surface area contributed by atoms with Gasteiger partial charge in [0, 0.05) is 5.92 Å². The van der Waals surface area contributed by atoms with E-state index in [4.69, 9.17) is 4.74 Å². The van der Waals surface area contributed by atoms with Crippen molar-refractivity contribution in [2.24, 2.45) is 17.8 Å². The van der Waals surface area contributed by atoms with Crippen molar-refractivity contribution in [1.82, 2.24) is 0 Å². The Morgan fingerprint density at radius 1 is 1.47 bits per heavy atom. The third-order valence-electron chi connectivity index (χ3n) is 2.88. The highest BCUT2D eigenvalue weighted by molar-refractivity contribution is 6.01. The topological polar surface area (TPSA) is 43.4 Å². The molecule has 1 saturated carbocycles. The van der Waals surface area contributed by atoms with Crippen molar-refractivity contribution in [1.29, 1.82) is 0 Å². The number of carbonyl (C=O) groups is 2. The van der Waals surface area contributed by atoms with E-state index in [9.17, 15) is 9.59 Å². The zero-order valence-corrected chi connectivity index (χ0v) is 9.79. The van der Waals surface area contributed by atoms with Crippen LogP contribution in [0.2, 0.25) is 0 Å². The van der Waals surface area contributed by atoms with Gasteiger partial charge in [-0.2, -0.15) is 0 Å². The van der Waals surface area contributed by atoms with E-state index in [2.05, 4.69) is 13.8 Å². The highest BCUT2D eigenvalue weighted by Gasteiger charge is 2.39. The minimum Gasteiger partial charge on any atom is -0.465 e. The van der Waals surface area contributed by atoms with Crippen molar-refractivity contribution in [2.75, 3.05) is 6.61 Å². The summed E-state index contributed by atoms with van der Waals surface area (Å²) in [4.78, 5) is 23.3. The van der Waals surface area contributed by atoms with Gasteiger partial charge in [-0.1, -0.05) is 13.8 Å². The van der Waals surface area contributed by atoms with E-state index < -0.39 is 5.92 Å². The highest BCUT2D eigenvalue weighted by Crippen LogP contribution is 2.32. The molecule has 1 rings (SSSR count). The molecule has 1 aliphatic carbocycles. The number of ether oxygens (including phenoxy) is 1. The van der Waals surface area contributed by atoms with Gasteiger partial charge in [0.2, 0.25) is 0 Å². The van der Waals surface area contributed by atoms with Crippen LogP contribution in [0, 0.1) is 17.8 Å². The number of carbonyl (C=O) groups excluding carboxylic acids is 2. The fourth-order valence-corrected chi connectivity index (χ4v) is 2.22. The number of hydrogen-bond acceptors (Lipinski definition) is 3. The molecular formula is C12H20O3. The molecule has 0 aromatic rings. The molecule has 1 aliphatic rings. The zero-order chi connectivity index (χ0) is 11.4. The number of hydrogen-bond donors (Lipinski definition) is 0. The Labute approximate surface area is 91.2 Å². The monoisotopic (exact) mass is 212 g/mol. The van der Waals surface area contributed by atoms with E-state index in [1.165, 1.54) is 0 Å². The Kier molecular flexibility index (Phi) is 4.30. The SMILES string of the molecule is CCOC(=O)[C@H]1CC[C@@H](CC(C)C)C1=O. The van der Waals surface area contributed by atoms with Gasteiger partial charge in [0.25, 0.3) is 0 Å². The van der Waals surface area contributed by atoms with Crippen LogP contribution < -0.4 is 0 Å². The summed E-state index contributed by atoms with van der Waals surface area (Å²) in [7, 11) is 0. The predicted molar refractivity (Wildman–Crippen MR) is 57.3 cm³/mol. The molecule has 3 heteroatoms. The van der Waals surface area contributed by atoms with Crippen LogP contribution in [0.25, 0.3) is 0 Å². The fourth-order valence-electron chi connectivity index (χ4n) is 2.22. The summed E-state index contributed by atoms with van der Waals surface area (Å²) in [6, 6.07) is 0. The van der Waals surface area contributed by atoms with Crippen LogP contribution in [-0.4, -0.2) is 18.4 Å². The summed E-state index contributed by atoms with van der Waals surface area (Å²) < 4.78 is 4.89. The largest absolute Gasteiger partial charge is 0.465 e. The standard InChI is InChI=1S/C12H20O3/c1-4-15-12(14)10-6-5-9(11(10)13)7-8(2)3/h8-10H,4-7H2,1-3H3/t9-,10-/m0/s1. The third kappa shape index (κ3) is 3.05. The van der Waals surface area contributed by atoms with Crippen LogP contribution in [0.1, 0.15) is 40.0 Å². The lowest BCUT2D eigenvalue weighted by molar-refractivity contribution is -0.151. The second-order valence-corrected chi connectivity index (χ2v) is 4.61. The van der Waals surface area contributed by atoms with E-state index in [1.807, 2.05) is 0 Å². The van der Waals surface area contributed by atoms with Crippen molar-refractivity contribution >= 4 is 11.8 Å². The number of ketones is 1. The Morgan fingerprint density at radius 3 is 2.67 bits per heavy atom. The molecule has 0 aromatic heterocycles. The summed E-state index contributed by atoms with van der Waals surface area (Å²) in [5, 5.41) is 0. The fraction of sp³-hybridized carbons (Fsp3) is 0.833. The molecule has 0 amide bonds. The average Bonchev–Trinajstić information content (AvgIpc) is 2.48. The number of rotatable bonds is 4. The second kappa shape index (κ2) is 5.29. The van der Waals surface area contributed by atoms with Crippen molar-refractivity contribution in [3.05, 3.63) is 0 Å². The maximum absolute atomic E-state index is 11.9. The van der Waals surface area contributed by atoms with Gasteiger partial charge in [-0.15, -0.1) is 0 Å². The van der Waals surface area contributed by atoms with Crippen LogP contribution in [0.4, 0.5) is 0 Å². The molecule has 0 bridgehead atoms. The van der Waals surface area contributed by atoms with Gasteiger partial charge in [0.05, 0.1) is 6.61 Å². The summed E-state index contributed by atoms with van der Waals surface area (Å²) in [5.41, 5.74) is 0. The molecule has 0 saturated heterocycles. The Bertz CT molecular complexity index is 245. The van der Waals surface area contributed by atoms with Crippen molar-refractivity contribution in [2.45, 2.75) is 40.0 Å². The first-order chi connectivity index (χ1) is 7.06. The minimum absolute atomic E-state index is 0.0828. The van der Waals surface area contributed by atoms with Gasteiger partial charge < -0.3 is 4.74 Å². The maximum atomic E-state index is 11.9. The normalized spacial score (nSPS) is 26.0. The molecule has 86 valence electrons. The van der Waals surface area contributed by atoms with Crippen LogP contribution >= 0.6 is 0 Å². The highest BCUT2D eigenvalue weighted by atomic mass is 16.5. The van der Waals surface area contributed by atoms with Gasteiger partial charge in [0.1, 0.15) is 11.7 Å². The Balaban J connectivity index is 2.52. The molecule has 1 fully saturated rings. The summed E-state index contributed by atoms with van der Waals surface area (Å²) in [6.07, 6.45) is 2.42. The maximum Gasteiger partial charge on any atom is 0.316 e. The first-order valence-electron chi connectivity index (χ1n) is 5.76. The van der Waals surface area contributed by atoms with Crippen molar-refractivity contribution in [3.63, 3.8) is 0 Å². The second-order valence-electron chi connectivity index (χ2n) is 4.61. The quantitative estimate of drug-likeness (QED) is 0.530. The van der Waals surface area contributed by atoms with Crippen LogP contribution in [-0.2, 0) is 14.3 Å². The summed E-state index contributed by atoms with van der Waals surface area (Å²) >= 11 is 0. The van der Waals surface area contributed by atoms with E-state index in [-0.39, 0.29) is 17.7 Å². The Hall–Kier alpha value is -0.860. The van der Waals surface area contributed by atoms with Gasteiger partial charge in [-0.25, -0.2) is 0 Å². The van der Waals surface area contributed by atoms with E-state index in [1.54, 1.807) is 6.92 Å². The van der Waals surface area contributed by atoms with Gasteiger partial charge in [-0.05, 0) is 32.1 Å². The summed E-state index contributed by atoms with van der Waals surface area (Å²) in [5.74, 6) is -0.107. The van der Waals surface area contributed by atoms with Crippen LogP contribution in [0.15, 0.2) is 0 Å². The smallest absolute Gasteiger partial charge is 0.316 e. The van der Waals surface area contributed by atoms with Gasteiger partial charge in [0.15, 0.2) is 0 Å². The number of Topliss-reactive ketones (excluding diaryl/α,β-unsaturated/α-hetero) is 1. The molecular weight excluding hydrogens is 192 g/mol. The lowest BCUT2D eigenvalue weighted by Crippen LogP contribution is -2.24. The lowest BCUT2D eigenvalue weighted by atomic mass is 9.94. The van der Waals surface area contributed by atoms with Crippen LogP contribution in [0.3, 0.4) is 0 Å². The lowest BCUT2D eigenvalue weighted by Gasteiger charge is -2.11. The molecule has 0 unspecified atom stereocenters. The van der Waals surface area contributed by atoms with E-state index >= 15 is 0 Å². The first-order valence-corrected chi connectivity index (χ1v) is 5.76. The molecule has 0 spiro atoms. The summed E-state index contributed by atoms with van der Waals surface area (Å²) in [6.45, 7) is 6.33. The molecule has 0 heterocycles. The zero-order valence-electron chi connectivity index (χ0n) is 9.79. The first kappa shape index (κ1) is 12.2. The molecule has 0 N–H and O–H groups in total. The molecule has 2 atom stereocenters. The van der Waals surface area contributed by atoms with E-state index in [0.717, 1.165) is 12.8 Å². The molecule has 3 nitrogen and oxygen atoms in total. The van der Waals surface area contributed by atoms with Gasteiger partial charge in [-0.3, -0.25) is 9.59 Å². The molecule has 0 aromatic carbocycles. The number of esters is 1.